The lowest BCUT2D eigenvalue weighted by atomic mass is 9.83. The molecule has 0 saturated heterocycles. The van der Waals surface area contributed by atoms with E-state index >= 15 is 0 Å². The van der Waals surface area contributed by atoms with Gasteiger partial charge < -0.3 is 20.1 Å². The smallest absolute Gasteiger partial charge is 0.311 e. The van der Waals surface area contributed by atoms with Crippen LogP contribution in [0.5, 0.6) is 11.5 Å². The third kappa shape index (κ3) is 6.96. The van der Waals surface area contributed by atoms with Crippen LogP contribution in [0.1, 0.15) is 62.0 Å². The topological polar surface area (TPSA) is 104 Å². The van der Waals surface area contributed by atoms with Gasteiger partial charge in [-0.1, -0.05) is 19.4 Å². The Balaban J connectivity index is 1.91. The number of carboxylic acid groups (broad SMARTS) is 1. The van der Waals surface area contributed by atoms with E-state index in [-0.39, 0.29) is 23.5 Å². The second kappa shape index (κ2) is 12.2. The minimum atomic E-state index is -1.33. The first-order chi connectivity index (χ1) is 16.0. The summed E-state index contributed by atoms with van der Waals surface area (Å²) in [6.07, 6.45) is 0.929. The van der Waals surface area contributed by atoms with E-state index in [0.29, 0.717) is 47.0 Å². The highest BCUT2D eigenvalue weighted by Gasteiger charge is 2.35. The van der Waals surface area contributed by atoms with E-state index in [2.05, 4.69) is 0 Å². The first kappa shape index (κ1) is 27.7. The molecule has 3 N–H and O–H groups in total. The Morgan fingerprint density at radius 2 is 1.91 bits per heavy atom. The molecule has 0 aromatic heterocycles. The van der Waals surface area contributed by atoms with E-state index < -0.39 is 23.3 Å². The summed E-state index contributed by atoms with van der Waals surface area (Å²) in [5.41, 5.74) is 0.107. The molecule has 34 heavy (non-hydrogen) atoms. The number of Topliss-reactive ketones (excluding diaryl/α,β-unsaturated/α-hetero) is 1. The molecule has 0 saturated carbocycles. The summed E-state index contributed by atoms with van der Waals surface area (Å²) >= 11 is 1.34. The number of halogens is 1. The quantitative estimate of drug-likeness (QED) is 0.199. The molecule has 0 aliphatic carbocycles. The first-order valence-electron chi connectivity index (χ1n) is 11.3. The predicted octanol–water partition coefficient (Wildman–Crippen LogP) is 5.26. The second-order valence-electron chi connectivity index (χ2n) is 8.81. The number of aliphatic carboxylic acids is 1. The van der Waals surface area contributed by atoms with Crippen LogP contribution >= 0.6 is 11.8 Å². The number of aromatic hydroxyl groups is 1. The van der Waals surface area contributed by atoms with Gasteiger partial charge >= 0.3 is 5.97 Å². The Morgan fingerprint density at radius 3 is 2.50 bits per heavy atom. The number of hydrogen-bond acceptors (Lipinski definition) is 6. The summed E-state index contributed by atoms with van der Waals surface area (Å²) < 4.78 is 20.3. The third-order valence-electron chi connectivity index (χ3n) is 5.73. The molecule has 8 heteroatoms. The van der Waals surface area contributed by atoms with Gasteiger partial charge in [0.05, 0.1) is 23.7 Å². The van der Waals surface area contributed by atoms with Crippen LogP contribution in [0, 0.1) is 11.2 Å². The fraction of sp³-hybridized carbons (Fsp3) is 0.462. The van der Waals surface area contributed by atoms with Crippen LogP contribution in [0.25, 0.3) is 0 Å². The molecule has 0 spiro atoms. The number of phenols is 1. The Labute approximate surface area is 204 Å². The van der Waals surface area contributed by atoms with Crippen molar-refractivity contribution < 1.29 is 34.0 Å². The van der Waals surface area contributed by atoms with Crippen LogP contribution in [-0.4, -0.2) is 45.5 Å². The van der Waals surface area contributed by atoms with Crippen molar-refractivity contribution in [1.82, 2.24) is 0 Å². The summed E-state index contributed by atoms with van der Waals surface area (Å²) in [5.74, 6) is -0.606. The molecular formula is C26H33FO6S. The largest absolute Gasteiger partial charge is 0.507 e. The molecule has 0 bridgehead atoms. The van der Waals surface area contributed by atoms with Crippen molar-refractivity contribution in [3.63, 3.8) is 0 Å². The molecule has 0 radical (unpaired) electrons. The van der Waals surface area contributed by atoms with Crippen molar-refractivity contribution in [2.45, 2.75) is 64.4 Å². The van der Waals surface area contributed by atoms with Crippen LogP contribution in [0.2, 0.25) is 0 Å². The maximum atomic E-state index is 14.5. The Bertz CT molecular complexity index is 1020. The van der Waals surface area contributed by atoms with Crippen molar-refractivity contribution >= 4 is 23.5 Å². The van der Waals surface area contributed by atoms with Crippen LogP contribution in [0.3, 0.4) is 0 Å². The molecule has 2 rings (SSSR count). The van der Waals surface area contributed by atoms with Crippen molar-refractivity contribution in [3.05, 3.63) is 52.8 Å². The molecule has 2 aromatic carbocycles. The number of aliphatic hydroxyl groups is 1. The van der Waals surface area contributed by atoms with Gasteiger partial charge in [-0.05, 0) is 69.9 Å². The molecule has 0 aliphatic rings. The SMILES string of the molecule is CCCc1c(OCCCSc2ccc(CC(O)C(C)(C)C(=O)O)cc2F)ccc(C(C)=O)c1O. The first-order valence-corrected chi connectivity index (χ1v) is 12.3. The van der Waals surface area contributed by atoms with E-state index in [1.807, 2.05) is 6.92 Å². The fourth-order valence-electron chi connectivity index (χ4n) is 3.36. The van der Waals surface area contributed by atoms with Crippen molar-refractivity contribution in [3.8, 4) is 11.5 Å². The maximum absolute atomic E-state index is 14.5. The van der Waals surface area contributed by atoms with Gasteiger partial charge in [-0.2, -0.15) is 0 Å². The summed E-state index contributed by atoms with van der Waals surface area (Å²) in [6.45, 7) is 6.64. The van der Waals surface area contributed by atoms with E-state index in [1.165, 1.54) is 38.6 Å². The lowest BCUT2D eigenvalue weighted by Crippen LogP contribution is -2.38. The van der Waals surface area contributed by atoms with Gasteiger partial charge in [-0.25, -0.2) is 4.39 Å². The Kier molecular flexibility index (Phi) is 9.94. The van der Waals surface area contributed by atoms with Gasteiger partial charge in [0.15, 0.2) is 5.78 Å². The number of thioether (sulfide) groups is 1. The third-order valence-corrected chi connectivity index (χ3v) is 6.87. The zero-order valence-corrected chi connectivity index (χ0v) is 20.9. The van der Waals surface area contributed by atoms with Gasteiger partial charge in [0, 0.05) is 16.2 Å². The van der Waals surface area contributed by atoms with Gasteiger partial charge in [0.2, 0.25) is 0 Å². The monoisotopic (exact) mass is 492 g/mol. The highest BCUT2D eigenvalue weighted by atomic mass is 32.2. The molecule has 0 fully saturated rings. The summed E-state index contributed by atoms with van der Waals surface area (Å²) in [6, 6.07) is 7.92. The predicted molar refractivity (Wildman–Crippen MR) is 130 cm³/mol. The highest BCUT2D eigenvalue weighted by Crippen LogP contribution is 2.33. The number of carbonyl (C=O) groups is 2. The number of ketones is 1. The van der Waals surface area contributed by atoms with Gasteiger partial charge in [-0.3, -0.25) is 9.59 Å². The van der Waals surface area contributed by atoms with E-state index in [9.17, 15) is 29.3 Å². The van der Waals surface area contributed by atoms with Gasteiger partial charge in [0.1, 0.15) is 17.3 Å². The summed E-state index contributed by atoms with van der Waals surface area (Å²) in [7, 11) is 0. The zero-order valence-electron chi connectivity index (χ0n) is 20.1. The average Bonchev–Trinajstić information content (AvgIpc) is 2.76. The highest BCUT2D eigenvalue weighted by molar-refractivity contribution is 7.99. The van der Waals surface area contributed by atoms with Crippen molar-refractivity contribution in [2.75, 3.05) is 12.4 Å². The van der Waals surface area contributed by atoms with Crippen molar-refractivity contribution in [1.29, 1.82) is 0 Å². The van der Waals surface area contributed by atoms with E-state index in [1.54, 1.807) is 24.3 Å². The maximum Gasteiger partial charge on any atom is 0.311 e. The molecule has 0 amide bonds. The number of ether oxygens (including phenoxy) is 1. The fourth-order valence-corrected chi connectivity index (χ4v) is 4.20. The molecule has 186 valence electrons. The zero-order chi connectivity index (χ0) is 25.5. The second-order valence-corrected chi connectivity index (χ2v) is 9.94. The minimum Gasteiger partial charge on any atom is -0.507 e. The normalized spacial score (nSPS) is 12.4. The average molecular weight is 493 g/mol. The Hall–Kier alpha value is -2.58. The number of hydrogen-bond donors (Lipinski definition) is 3. The number of carbonyl (C=O) groups excluding carboxylic acids is 1. The van der Waals surface area contributed by atoms with Crippen LogP contribution in [0.4, 0.5) is 4.39 Å². The van der Waals surface area contributed by atoms with Crippen LogP contribution in [-0.2, 0) is 17.6 Å². The lowest BCUT2D eigenvalue weighted by Gasteiger charge is -2.26. The number of carboxylic acids is 1. The van der Waals surface area contributed by atoms with E-state index in [4.69, 9.17) is 4.74 Å². The van der Waals surface area contributed by atoms with Gasteiger partial charge in [-0.15, -0.1) is 11.8 Å². The molecule has 0 heterocycles. The summed E-state index contributed by atoms with van der Waals surface area (Å²) in [5, 5.41) is 29.8. The summed E-state index contributed by atoms with van der Waals surface area (Å²) in [4.78, 5) is 23.4. The molecule has 1 unspecified atom stereocenters. The standard InChI is InChI=1S/C26H33FO6S/c1-5-7-19-21(10-9-18(16(2)28)24(19)30)33-12-6-13-34-22-11-8-17(14-20(22)27)15-23(29)26(3,4)25(31)32/h8-11,14,23,29-30H,5-7,12-13,15H2,1-4H3,(H,31,32). The van der Waals surface area contributed by atoms with E-state index in [0.717, 1.165) is 6.42 Å². The van der Waals surface area contributed by atoms with Gasteiger partial charge in [0.25, 0.3) is 0 Å². The molecule has 0 aliphatic heterocycles. The van der Waals surface area contributed by atoms with Crippen LogP contribution < -0.4 is 4.74 Å². The lowest BCUT2D eigenvalue weighted by molar-refractivity contribution is -0.153. The molecule has 6 nitrogen and oxygen atoms in total. The Morgan fingerprint density at radius 1 is 1.21 bits per heavy atom. The number of phenolic OH excluding ortho intramolecular Hbond substituents is 1. The van der Waals surface area contributed by atoms with Crippen molar-refractivity contribution in [2.24, 2.45) is 5.41 Å². The number of aliphatic hydroxyl groups excluding tert-OH is 1. The minimum absolute atomic E-state index is 0.0275. The molecule has 2 aromatic rings. The number of rotatable bonds is 13. The number of benzene rings is 2. The molecular weight excluding hydrogens is 459 g/mol. The molecule has 1 atom stereocenters. The van der Waals surface area contributed by atoms with Crippen LogP contribution in [0.15, 0.2) is 35.2 Å².